The lowest BCUT2D eigenvalue weighted by Gasteiger charge is -2.43. The van der Waals surface area contributed by atoms with E-state index in [-0.39, 0.29) is 16.9 Å². The number of piperazine rings is 1. The number of halogens is 1. The third-order valence-corrected chi connectivity index (χ3v) is 3.91. The van der Waals surface area contributed by atoms with Crippen LogP contribution in [-0.2, 0) is 0 Å². The van der Waals surface area contributed by atoms with Gasteiger partial charge in [0, 0.05) is 31.7 Å². The van der Waals surface area contributed by atoms with Gasteiger partial charge in [0.05, 0.1) is 11.3 Å². The predicted molar refractivity (Wildman–Crippen MR) is 79.9 cm³/mol. The van der Waals surface area contributed by atoms with Gasteiger partial charge in [-0.15, -0.1) is 0 Å². The molecule has 1 aliphatic rings. The first kappa shape index (κ1) is 15.0. The van der Waals surface area contributed by atoms with Crippen LogP contribution in [0.3, 0.4) is 0 Å². The van der Waals surface area contributed by atoms with Crippen LogP contribution < -0.4 is 4.90 Å². The highest BCUT2D eigenvalue weighted by Gasteiger charge is 2.27. The molecule has 1 aromatic rings. The molecule has 1 aliphatic heterocycles. The van der Waals surface area contributed by atoms with Crippen molar-refractivity contribution in [1.82, 2.24) is 4.90 Å². The maximum Gasteiger partial charge on any atom is 0.164 e. The van der Waals surface area contributed by atoms with Gasteiger partial charge in [0.25, 0.3) is 0 Å². The average Bonchev–Trinajstić information content (AvgIpc) is 2.37. The number of anilines is 1. The van der Waals surface area contributed by atoms with Gasteiger partial charge in [0.1, 0.15) is 5.82 Å². The van der Waals surface area contributed by atoms with Gasteiger partial charge in [-0.05, 0) is 39.8 Å². The molecule has 1 aromatic carbocycles. The summed E-state index contributed by atoms with van der Waals surface area (Å²) in [7, 11) is 0. The number of Topliss-reactive ketones (excluding diaryl/α,β-unsaturated/α-hetero) is 1. The van der Waals surface area contributed by atoms with E-state index in [1.807, 2.05) is 6.07 Å². The summed E-state index contributed by atoms with van der Waals surface area (Å²) in [5, 5.41) is 0. The Labute approximate surface area is 120 Å². The summed E-state index contributed by atoms with van der Waals surface area (Å²) in [6.07, 6.45) is 0. The molecular formula is C16H23FN2O. The number of benzene rings is 1. The summed E-state index contributed by atoms with van der Waals surface area (Å²) in [6, 6.07) is 4.87. The van der Waals surface area contributed by atoms with E-state index in [4.69, 9.17) is 0 Å². The smallest absolute Gasteiger partial charge is 0.164 e. The van der Waals surface area contributed by atoms with Crippen LogP contribution in [0.1, 0.15) is 38.1 Å². The first-order valence-electron chi connectivity index (χ1n) is 7.10. The summed E-state index contributed by atoms with van der Waals surface area (Å²) >= 11 is 0. The Morgan fingerprint density at radius 3 is 2.25 bits per heavy atom. The fourth-order valence-corrected chi connectivity index (χ4v) is 2.74. The number of ketones is 1. The van der Waals surface area contributed by atoms with Crippen LogP contribution in [-0.4, -0.2) is 42.4 Å². The largest absolute Gasteiger partial charge is 0.368 e. The molecule has 0 atom stereocenters. The van der Waals surface area contributed by atoms with Crippen molar-refractivity contribution < 1.29 is 9.18 Å². The maximum atomic E-state index is 13.9. The highest BCUT2D eigenvalue weighted by atomic mass is 19.1. The van der Waals surface area contributed by atoms with Crippen LogP contribution in [0.4, 0.5) is 10.1 Å². The third kappa shape index (κ3) is 3.01. The van der Waals surface area contributed by atoms with Crippen molar-refractivity contribution in [3.05, 3.63) is 29.6 Å². The maximum absolute atomic E-state index is 13.9. The Kier molecular flexibility index (Phi) is 4.14. The summed E-state index contributed by atoms with van der Waals surface area (Å²) < 4.78 is 13.9. The number of carbonyl (C=O) groups excluding carboxylic acids is 1. The molecule has 0 saturated carbocycles. The summed E-state index contributed by atoms with van der Waals surface area (Å²) in [5.41, 5.74) is 1.10. The molecule has 0 N–H and O–H groups in total. The number of hydrogen-bond acceptors (Lipinski definition) is 3. The van der Waals surface area contributed by atoms with Crippen molar-refractivity contribution in [1.29, 1.82) is 0 Å². The molecule has 0 radical (unpaired) electrons. The highest BCUT2D eigenvalue weighted by molar-refractivity contribution is 6.00. The quantitative estimate of drug-likeness (QED) is 0.777. The van der Waals surface area contributed by atoms with E-state index < -0.39 is 5.82 Å². The minimum atomic E-state index is -0.423. The molecule has 1 fully saturated rings. The van der Waals surface area contributed by atoms with E-state index in [9.17, 15) is 9.18 Å². The van der Waals surface area contributed by atoms with E-state index in [0.29, 0.717) is 0 Å². The average molecular weight is 278 g/mol. The second kappa shape index (κ2) is 5.52. The van der Waals surface area contributed by atoms with E-state index in [0.717, 1.165) is 31.9 Å². The fourth-order valence-electron chi connectivity index (χ4n) is 2.74. The Balaban J connectivity index is 2.19. The van der Waals surface area contributed by atoms with E-state index in [2.05, 4.69) is 30.6 Å². The van der Waals surface area contributed by atoms with Gasteiger partial charge in [0.15, 0.2) is 5.78 Å². The molecule has 110 valence electrons. The van der Waals surface area contributed by atoms with Crippen molar-refractivity contribution in [3.8, 4) is 0 Å². The lowest BCUT2D eigenvalue weighted by Crippen LogP contribution is -2.53. The first-order chi connectivity index (χ1) is 9.30. The first-order valence-corrected chi connectivity index (χ1v) is 7.10. The predicted octanol–water partition coefficient (Wildman–Crippen LogP) is 2.95. The second-order valence-corrected chi connectivity index (χ2v) is 6.34. The third-order valence-electron chi connectivity index (χ3n) is 3.91. The van der Waals surface area contributed by atoms with Crippen LogP contribution in [0.15, 0.2) is 18.2 Å². The van der Waals surface area contributed by atoms with Crippen molar-refractivity contribution >= 4 is 11.5 Å². The Hall–Kier alpha value is -1.42. The normalized spacial score (nSPS) is 17.4. The molecule has 0 bridgehead atoms. The zero-order valence-corrected chi connectivity index (χ0v) is 12.7. The summed E-state index contributed by atoms with van der Waals surface area (Å²) in [5.74, 6) is -0.635. The molecule has 0 amide bonds. The number of nitrogens with zero attached hydrogens (tertiary/aromatic N) is 2. The van der Waals surface area contributed by atoms with Crippen LogP contribution in [0.2, 0.25) is 0 Å². The lowest BCUT2D eigenvalue weighted by atomic mass is 10.0. The molecule has 1 saturated heterocycles. The molecule has 2 rings (SSSR count). The van der Waals surface area contributed by atoms with Crippen LogP contribution >= 0.6 is 0 Å². The monoisotopic (exact) mass is 278 g/mol. The van der Waals surface area contributed by atoms with Gasteiger partial charge in [-0.3, -0.25) is 9.69 Å². The summed E-state index contributed by atoms with van der Waals surface area (Å²) in [6.45, 7) is 11.5. The van der Waals surface area contributed by atoms with Crippen LogP contribution in [0.5, 0.6) is 0 Å². The second-order valence-electron chi connectivity index (χ2n) is 6.34. The van der Waals surface area contributed by atoms with Gasteiger partial charge in [0.2, 0.25) is 0 Å². The van der Waals surface area contributed by atoms with Gasteiger partial charge in [-0.2, -0.15) is 0 Å². The minimum absolute atomic E-state index is 0.150. The van der Waals surface area contributed by atoms with Crippen molar-refractivity contribution in [2.45, 2.75) is 33.2 Å². The topological polar surface area (TPSA) is 23.6 Å². The molecular weight excluding hydrogens is 255 g/mol. The molecule has 4 heteroatoms. The number of carbonyl (C=O) groups is 1. The summed E-state index contributed by atoms with van der Waals surface area (Å²) in [4.78, 5) is 16.2. The highest BCUT2D eigenvalue weighted by Crippen LogP contribution is 2.26. The van der Waals surface area contributed by atoms with Gasteiger partial charge < -0.3 is 4.90 Å². The molecule has 0 aliphatic carbocycles. The molecule has 0 spiro atoms. The van der Waals surface area contributed by atoms with Gasteiger partial charge in [-0.25, -0.2) is 4.39 Å². The molecule has 0 aromatic heterocycles. The fraction of sp³-hybridized carbons (Fsp3) is 0.562. The minimum Gasteiger partial charge on any atom is -0.368 e. The van der Waals surface area contributed by atoms with E-state index >= 15 is 0 Å². The Morgan fingerprint density at radius 1 is 1.15 bits per heavy atom. The molecule has 20 heavy (non-hydrogen) atoms. The standard InChI is InChI=1S/C16H23FN2O/c1-12(20)15-13(17)6-5-7-14(15)18-8-10-19(11-9-18)16(2,3)4/h5-7H,8-11H2,1-4H3. The van der Waals surface area contributed by atoms with Gasteiger partial charge in [-0.1, -0.05) is 6.07 Å². The van der Waals surface area contributed by atoms with Crippen molar-refractivity contribution in [2.75, 3.05) is 31.1 Å². The van der Waals surface area contributed by atoms with Crippen molar-refractivity contribution in [2.24, 2.45) is 0 Å². The SMILES string of the molecule is CC(=O)c1c(F)cccc1N1CCN(C(C)(C)C)CC1. The number of hydrogen-bond donors (Lipinski definition) is 0. The van der Waals surface area contributed by atoms with E-state index in [1.165, 1.54) is 13.0 Å². The zero-order valence-electron chi connectivity index (χ0n) is 12.7. The van der Waals surface area contributed by atoms with Crippen LogP contribution in [0, 0.1) is 5.82 Å². The van der Waals surface area contributed by atoms with E-state index in [1.54, 1.807) is 6.07 Å². The molecule has 3 nitrogen and oxygen atoms in total. The van der Waals surface area contributed by atoms with Crippen molar-refractivity contribution in [3.63, 3.8) is 0 Å². The van der Waals surface area contributed by atoms with Gasteiger partial charge >= 0.3 is 0 Å². The van der Waals surface area contributed by atoms with Crippen LogP contribution in [0.25, 0.3) is 0 Å². The number of rotatable bonds is 2. The Bertz CT molecular complexity index is 500. The molecule has 1 heterocycles. The molecule has 0 unspecified atom stereocenters. The Morgan fingerprint density at radius 2 is 1.75 bits per heavy atom. The zero-order chi connectivity index (χ0) is 14.9. The lowest BCUT2D eigenvalue weighted by molar-refractivity contribution is 0.101.